The molecule has 0 spiro atoms. The number of primary amides is 1. The summed E-state index contributed by atoms with van der Waals surface area (Å²) in [5.74, 6) is -0.479. The zero-order chi connectivity index (χ0) is 24.8. The highest BCUT2D eigenvalue weighted by molar-refractivity contribution is 5.99. The first-order chi connectivity index (χ1) is 15.6. The fraction of sp³-hybridized carbons (Fsp3) is 0.217. The van der Waals surface area contributed by atoms with E-state index in [9.17, 15) is 18.0 Å². The minimum Gasteiger partial charge on any atom is -0.456 e. The number of carbonyl (C=O) groups is 1. The van der Waals surface area contributed by atoms with Crippen LogP contribution < -0.4 is 15.8 Å². The lowest BCUT2D eigenvalue weighted by molar-refractivity contribution is -0.137. The summed E-state index contributed by atoms with van der Waals surface area (Å²) in [7, 11) is 1.69. The Labute approximate surface area is 189 Å². The number of pyridine rings is 2. The van der Waals surface area contributed by atoms with Gasteiger partial charge in [-0.15, -0.1) is 0 Å². The molecule has 4 N–H and O–H groups in total. The van der Waals surface area contributed by atoms with Crippen LogP contribution >= 0.6 is 0 Å². The van der Waals surface area contributed by atoms with Gasteiger partial charge in [0.1, 0.15) is 17.2 Å². The third kappa shape index (κ3) is 6.06. The number of amides is 1. The number of ether oxygens (including phenoxy) is 1. The van der Waals surface area contributed by atoms with Gasteiger partial charge >= 0.3 is 6.18 Å². The molecule has 1 aromatic carbocycles. The Kier molecular flexibility index (Phi) is 8.11. The average Bonchev–Trinajstić information content (AvgIpc) is 2.79. The number of hydrogen-bond donors (Lipinski definition) is 3. The maximum atomic E-state index is 13.4. The van der Waals surface area contributed by atoms with Crippen LogP contribution in [0.3, 0.4) is 0 Å². The number of rotatable bonds is 6. The van der Waals surface area contributed by atoms with Gasteiger partial charge in [0.15, 0.2) is 0 Å². The number of nitrogens with zero attached hydrogens (tertiary/aromatic N) is 2. The first kappa shape index (κ1) is 25.3. The Morgan fingerprint density at radius 1 is 1.09 bits per heavy atom. The van der Waals surface area contributed by atoms with Crippen LogP contribution in [0.5, 0.6) is 11.5 Å². The van der Waals surface area contributed by atoms with Gasteiger partial charge in [0, 0.05) is 30.9 Å². The molecule has 33 heavy (non-hydrogen) atoms. The van der Waals surface area contributed by atoms with E-state index in [1.165, 1.54) is 24.5 Å². The van der Waals surface area contributed by atoms with Crippen molar-refractivity contribution in [1.29, 1.82) is 5.41 Å². The largest absolute Gasteiger partial charge is 0.456 e. The first-order valence-corrected chi connectivity index (χ1v) is 9.99. The van der Waals surface area contributed by atoms with Crippen molar-refractivity contribution in [3.8, 4) is 22.8 Å². The summed E-state index contributed by atoms with van der Waals surface area (Å²) >= 11 is 0. The lowest BCUT2D eigenvalue weighted by atomic mass is 10.0. The molecule has 1 amide bonds. The van der Waals surface area contributed by atoms with E-state index in [1.54, 1.807) is 26.1 Å². The molecule has 174 valence electrons. The average molecular weight is 459 g/mol. The highest BCUT2D eigenvalue weighted by Crippen LogP contribution is 2.35. The number of nitrogens with one attached hydrogen (secondary N) is 2. The zero-order valence-corrected chi connectivity index (χ0v) is 18.5. The number of carbonyl (C=O) groups excluding carboxylic acids is 1. The predicted octanol–water partition coefficient (Wildman–Crippen LogP) is 5.51. The van der Waals surface area contributed by atoms with Crippen LogP contribution in [0.25, 0.3) is 11.3 Å². The minimum atomic E-state index is -4.75. The molecule has 0 aliphatic carbocycles. The summed E-state index contributed by atoms with van der Waals surface area (Å²) in [6, 6.07) is 7.86. The Balaban J connectivity index is 0.00000187. The van der Waals surface area contributed by atoms with E-state index in [1.807, 2.05) is 13.8 Å². The molecule has 2 heterocycles. The normalized spacial score (nSPS) is 10.6. The van der Waals surface area contributed by atoms with Gasteiger partial charge in [-0.3, -0.25) is 9.78 Å². The summed E-state index contributed by atoms with van der Waals surface area (Å²) in [6.07, 6.45) is -1.92. The lowest BCUT2D eigenvalue weighted by Crippen LogP contribution is -2.18. The van der Waals surface area contributed by atoms with Gasteiger partial charge in [0.2, 0.25) is 5.91 Å². The number of halogens is 3. The lowest BCUT2D eigenvalue weighted by Gasteiger charge is -2.13. The highest BCUT2D eigenvalue weighted by Gasteiger charge is 2.35. The molecule has 0 atom stereocenters. The van der Waals surface area contributed by atoms with Crippen molar-refractivity contribution in [3.05, 3.63) is 65.6 Å². The molecule has 3 aromatic rings. The second-order valence-corrected chi connectivity index (χ2v) is 6.54. The standard InChI is InChI=1S/C21H18F3N5O2.C2H6/c1-11(25)19-18(27-2)9-14(10-29-19)31-13-5-6-28-17(8-13)12-3-4-15(20(26)30)16(7-12)21(22,23)24;1-2/h3-10,25,27H,1-2H3,(H2,26,30);1-2H3. The summed E-state index contributed by atoms with van der Waals surface area (Å²) in [5.41, 5.74) is 5.02. The van der Waals surface area contributed by atoms with Crippen molar-refractivity contribution in [2.24, 2.45) is 5.73 Å². The third-order valence-electron chi connectivity index (χ3n) is 4.34. The molecule has 0 fully saturated rings. The van der Waals surface area contributed by atoms with Crippen molar-refractivity contribution < 1.29 is 22.7 Å². The van der Waals surface area contributed by atoms with Crippen molar-refractivity contribution in [2.75, 3.05) is 12.4 Å². The minimum absolute atomic E-state index is 0.145. The highest BCUT2D eigenvalue weighted by atomic mass is 19.4. The maximum absolute atomic E-state index is 13.4. The molecule has 0 saturated carbocycles. The molecule has 10 heteroatoms. The van der Waals surface area contributed by atoms with Crippen molar-refractivity contribution in [3.63, 3.8) is 0 Å². The van der Waals surface area contributed by atoms with Crippen LogP contribution in [0, 0.1) is 5.41 Å². The molecule has 0 aliphatic rings. The van der Waals surface area contributed by atoms with E-state index in [0.29, 0.717) is 22.9 Å². The second-order valence-electron chi connectivity index (χ2n) is 6.54. The fourth-order valence-corrected chi connectivity index (χ4v) is 2.91. The molecule has 0 unspecified atom stereocenters. The van der Waals surface area contributed by atoms with Gasteiger partial charge in [-0.05, 0) is 25.1 Å². The quantitative estimate of drug-likeness (QED) is 0.421. The van der Waals surface area contributed by atoms with E-state index in [-0.39, 0.29) is 17.0 Å². The molecule has 2 aromatic heterocycles. The van der Waals surface area contributed by atoms with E-state index in [4.69, 9.17) is 15.9 Å². The Morgan fingerprint density at radius 3 is 2.36 bits per heavy atom. The van der Waals surface area contributed by atoms with E-state index in [2.05, 4.69) is 15.3 Å². The van der Waals surface area contributed by atoms with Gasteiger partial charge < -0.3 is 21.2 Å². The summed E-state index contributed by atoms with van der Waals surface area (Å²) in [4.78, 5) is 19.6. The van der Waals surface area contributed by atoms with Gasteiger partial charge in [0.25, 0.3) is 0 Å². The summed E-state index contributed by atoms with van der Waals surface area (Å²) < 4.78 is 45.8. The van der Waals surface area contributed by atoms with Crippen LogP contribution in [0.15, 0.2) is 48.8 Å². The number of alkyl halides is 3. The molecule has 0 bridgehead atoms. The zero-order valence-electron chi connectivity index (χ0n) is 18.5. The monoisotopic (exact) mass is 459 g/mol. The van der Waals surface area contributed by atoms with Crippen molar-refractivity contribution in [1.82, 2.24) is 9.97 Å². The molecule has 0 radical (unpaired) electrons. The van der Waals surface area contributed by atoms with Crippen LogP contribution in [-0.4, -0.2) is 28.6 Å². The molecular weight excluding hydrogens is 435 g/mol. The Hall–Kier alpha value is -3.95. The van der Waals surface area contributed by atoms with E-state index >= 15 is 0 Å². The van der Waals surface area contributed by atoms with Crippen LogP contribution in [0.2, 0.25) is 0 Å². The van der Waals surface area contributed by atoms with Crippen LogP contribution in [0.4, 0.5) is 18.9 Å². The first-order valence-electron chi connectivity index (χ1n) is 9.99. The predicted molar refractivity (Wildman–Crippen MR) is 121 cm³/mol. The Bertz CT molecular complexity index is 1160. The molecule has 7 nitrogen and oxygen atoms in total. The third-order valence-corrected chi connectivity index (χ3v) is 4.34. The molecule has 3 rings (SSSR count). The van der Waals surface area contributed by atoms with E-state index < -0.39 is 23.2 Å². The topological polar surface area (TPSA) is 114 Å². The van der Waals surface area contributed by atoms with Crippen molar-refractivity contribution in [2.45, 2.75) is 26.9 Å². The molecule has 0 saturated heterocycles. The Morgan fingerprint density at radius 2 is 1.79 bits per heavy atom. The van der Waals surface area contributed by atoms with Gasteiger partial charge in [0.05, 0.1) is 34.4 Å². The second kappa shape index (κ2) is 10.6. The number of anilines is 1. The van der Waals surface area contributed by atoms with Gasteiger partial charge in [-0.1, -0.05) is 19.9 Å². The number of nitrogens with two attached hydrogens (primary N) is 1. The number of benzene rings is 1. The smallest absolute Gasteiger partial charge is 0.417 e. The van der Waals surface area contributed by atoms with E-state index in [0.717, 1.165) is 12.1 Å². The maximum Gasteiger partial charge on any atom is 0.417 e. The van der Waals surface area contributed by atoms with Gasteiger partial charge in [-0.25, -0.2) is 4.98 Å². The number of aromatic nitrogens is 2. The van der Waals surface area contributed by atoms with Crippen molar-refractivity contribution >= 4 is 17.3 Å². The molecular formula is C23H24F3N5O2. The number of hydrogen-bond acceptors (Lipinski definition) is 6. The fourth-order valence-electron chi connectivity index (χ4n) is 2.91. The van der Waals surface area contributed by atoms with Crippen LogP contribution in [0.1, 0.15) is 42.4 Å². The van der Waals surface area contributed by atoms with Crippen LogP contribution in [-0.2, 0) is 6.18 Å². The van der Waals surface area contributed by atoms with Gasteiger partial charge in [-0.2, -0.15) is 13.2 Å². The summed E-state index contributed by atoms with van der Waals surface area (Å²) in [6.45, 7) is 5.61. The SMILES string of the molecule is CC.CNc1cc(Oc2ccnc(-c3ccc(C(N)=O)c(C(F)(F)F)c3)c2)cnc1C(C)=N. The summed E-state index contributed by atoms with van der Waals surface area (Å²) in [5, 5.41) is 10.7. The molecule has 0 aliphatic heterocycles.